The first-order valence-electron chi connectivity index (χ1n) is 12.6. The maximum Gasteiger partial charge on any atom is 0.352 e. The van der Waals surface area contributed by atoms with Crippen molar-refractivity contribution in [3.05, 3.63) is 59.3 Å². The third kappa shape index (κ3) is 6.30. The van der Waals surface area contributed by atoms with Gasteiger partial charge in [0.25, 0.3) is 17.7 Å². The third-order valence-electron chi connectivity index (χ3n) is 6.40. The Kier molecular flexibility index (Phi) is 8.88. The van der Waals surface area contributed by atoms with Crippen molar-refractivity contribution in [1.29, 1.82) is 5.26 Å². The quantitative estimate of drug-likeness (QED) is 0.0615. The molecule has 4 heterocycles. The minimum atomic E-state index is -1.21. The van der Waals surface area contributed by atoms with Gasteiger partial charge in [0.15, 0.2) is 25.1 Å². The minimum Gasteiger partial charge on any atom is -0.477 e. The average molecular weight is 579 g/mol. The SMILES string of the molecule is CCO/N=C(\C)C(=O)NC1C(=O)N2C(C(=O)O)=C(C[n+]3ccc(-c4c[nH]c(/C=C(\C)C(=O)NC#N)c4)cc3)CSC12. The number of aromatic amines is 1. The second-order valence-electron chi connectivity index (χ2n) is 9.21. The van der Waals surface area contributed by atoms with Crippen LogP contribution in [0.5, 0.6) is 0 Å². The largest absolute Gasteiger partial charge is 0.477 e. The number of nitrogens with one attached hydrogen (secondary N) is 3. The highest BCUT2D eigenvalue weighted by atomic mass is 32.2. The lowest BCUT2D eigenvalue weighted by Crippen LogP contribution is -2.71. The summed E-state index contributed by atoms with van der Waals surface area (Å²) >= 11 is 1.39. The number of aliphatic carboxylic acids is 1. The fourth-order valence-electron chi connectivity index (χ4n) is 4.34. The van der Waals surface area contributed by atoms with Crippen LogP contribution in [0.3, 0.4) is 0 Å². The number of amides is 3. The predicted molar refractivity (Wildman–Crippen MR) is 148 cm³/mol. The maximum absolute atomic E-state index is 12.9. The van der Waals surface area contributed by atoms with Gasteiger partial charge in [-0.05, 0) is 38.5 Å². The van der Waals surface area contributed by atoms with Gasteiger partial charge in [0.05, 0.1) is 0 Å². The van der Waals surface area contributed by atoms with Gasteiger partial charge in [-0.3, -0.25) is 24.6 Å². The number of carbonyl (C=O) groups is 4. The summed E-state index contributed by atoms with van der Waals surface area (Å²) in [6.07, 6.45) is 8.66. The van der Waals surface area contributed by atoms with Crippen LogP contribution >= 0.6 is 11.8 Å². The number of oxime groups is 1. The van der Waals surface area contributed by atoms with Gasteiger partial charge in [0.1, 0.15) is 29.4 Å². The van der Waals surface area contributed by atoms with Crippen LogP contribution in [0.1, 0.15) is 26.5 Å². The van der Waals surface area contributed by atoms with E-state index in [2.05, 4.69) is 20.8 Å². The van der Waals surface area contributed by atoms with E-state index in [-0.39, 0.29) is 18.0 Å². The molecule has 4 N–H and O–H groups in total. The molecular formula is C27H28N7O6S+. The van der Waals surface area contributed by atoms with Crippen LogP contribution in [0.4, 0.5) is 0 Å². The van der Waals surface area contributed by atoms with E-state index in [1.54, 1.807) is 32.3 Å². The van der Waals surface area contributed by atoms with Gasteiger partial charge in [-0.2, -0.15) is 5.26 Å². The maximum atomic E-state index is 12.9. The monoisotopic (exact) mass is 578 g/mol. The molecule has 3 amide bonds. The van der Waals surface area contributed by atoms with Gasteiger partial charge < -0.3 is 20.2 Å². The standard InChI is InChI=1S/C27H27N7O6S/c1-4-40-32-16(3)24(36)31-21-25(37)34-22(27(38)39)19(13-41-26(21)34)12-33-7-5-17(6-8-33)18-10-20(29-11-18)9-15(2)23(35)30-14-28/h5-11,21,26H,4,12-13H2,1-3H3,(H3,30,31,35,36,38,39)/p+1/b15-9+,32-16+. The molecule has 2 aromatic rings. The Labute approximate surface area is 239 Å². The molecule has 0 aliphatic carbocycles. The zero-order chi connectivity index (χ0) is 29.7. The van der Waals surface area contributed by atoms with Crippen LogP contribution in [-0.4, -0.2) is 68.2 Å². The molecule has 0 radical (unpaired) electrons. The molecule has 13 nitrogen and oxygen atoms in total. The summed E-state index contributed by atoms with van der Waals surface area (Å²) in [4.78, 5) is 58.4. The Morgan fingerprint density at radius 1 is 1.29 bits per heavy atom. The van der Waals surface area contributed by atoms with E-state index in [4.69, 9.17) is 10.1 Å². The second-order valence-corrected chi connectivity index (χ2v) is 10.3. The van der Waals surface area contributed by atoms with Crippen LogP contribution in [0.2, 0.25) is 0 Å². The minimum absolute atomic E-state index is 0.0684. The molecule has 212 valence electrons. The zero-order valence-corrected chi connectivity index (χ0v) is 23.3. The van der Waals surface area contributed by atoms with Crippen molar-refractivity contribution in [2.75, 3.05) is 12.4 Å². The van der Waals surface area contributed by atoms with Gasteiger partial charge in [-0.1, -0.05) is 5.16 Å². The molecular weight excluding hydrogens is 550 g/mol. The summed E-state index contributed by atoms with van der Waals surface area (Å²) < 4.78 is 1.82. The van der Waals surface area contributed by atoms with Crippen molar-refractivity contribution >= 4 is 47.2 Å². The molecule has 4 rings (SSSR count). The van der Waals surface area contributed by atoms with E-state index < -0.39 is 35.1 Å². The number of hydrogen-bond acceptors (Lipinski definition) is 8. The summed E-state index contributed by atoms with van der Waals surface area (Å²) in [6.45, 7) is 5.36. The molecule has 41 heavy (non-hydrogen) atoms. The van der Waals surface area contributed by atoms with Crippen LogP contribution in [0, 0.1) is 11.5 Å². The Morgan fingerprint density at radius 2 is 2.02 bits per heavy atom. The summed E-state index contributed by atoms with van der Waals surface area (Å²) in [5, 5.41) is 26.4. The van der Waals surface area contributed by atoms with Gasteiger partial charge in [0.2, 0.25) is 0 Å². The van der Waals surface area contributed by atoms with E-state index in [1.165, 1.54) is 23.6 Å². The lowest BCUT2D eigenvalue weighted by atomic mass is 10.0. The van der Waals surface area contributed by atoms with Crippen molar-refractivity contribution in [3.8, 4) is 17.3 Å². The van der Waals surface area contributed by atoms with E-state index in [9.17, 15) is 24.3 Å². The van der Waals surface area contributed by atoms with Crippen molar-refractivity contribution in [2.45, 2.75) is 38.7 Å². The molecule has 0 spiro atoms. The van der Waals surface area contributed by atoms with E-state index in [0.29, 0.717) is 29.2 Å². The number of fused-ring (bicyclic) bond motifs is 1. The van der Waals surface area contributed by atoms with Crippen molar-refractivity contribution in [3.63, 3.8) is 0 Å². The number of β-lactam (4-membered cyclic amide) rings is 1. The number of hydrogen-bond donors (Lipinski definition) is 4. The van der Waals surface area contributed by atoms with Crippen molar-refractivity contribution in [1.82, 2.24) is 20.5 Å². The lowest BCUT2D eigenvalue weighted by molar-refractivity contribution is -0.689. The lowest BCUT2D eigenvalue weighted by Gasteiger charge is -2.49. The van der Waals surface area contributed by atoms with E-state index >= 15 is 0 Å². The highest BCUT2D eigenvalue weighted by molar-refractivity contribution is 8.00. The molecule has 2 aliphatic rings. The number of H-pyrrole nitrogens is 1. The predicted octanol–water partition coefficient (Wildman–Crippen LogP) is 1.12. The normalized spacial score (nSPS) is 18.7. The van der Waals surface area contributed by atoms with Crippen LogP contribution in [0.25, 0.3) is 17.2 Å². The first-order chi connectivity index (χ1) is 19.6. The van der Waals surface area contributed by atoms with Crippen LogP contribution in [0.15, 0.2) is 58.8 Å². The number of nitriles is 1. The summed E-state index contributed by atoms with van der Waals surface area (Å²) in [6, 6.07) is 4.75. The van der Waals surface area contributed by atoms with Crippen molar-refractivity contribution < 1.29 is 33.7 Å². The number of nitrogens with zero attached hydrogens (tertiary/aromatic N) is 4. The van der Waals surface area contributed by atoms with Gasteiger partial charge in [-0.15, -0.1) is 11.8 Å². The van der Waals surface area contributed by atoms with Gasteiger partial charge in [-0.25, -0.2) is 9.36 Å². The smallest absolute Gasteiger partial charge is 0.352 e. The number of aromatic nitrogens is 2. The second kappa shape index (κ2) is 12.5. The number of carboxylic acids is 1. The first-order valence-corrected chi connectivity index (χ1v) is 13.6. The van der Waals surface area contributed by atoms with E-state index in [0.717, 1.165) is 11.1 Å². The molecule has 1 fully saturated rings. The fraction of sp³-hybridized carbons (Fsp3) is 0.296. The Morgan fingerprint density at radius 3 is 2.68 bits per heavy atom. The van der Waals surface area contributed by atoms with Crippen LogP contribution < -0.4 is 15.2 Å². The number of thioether (sulfide) groups is 1. The molecule has 0 aromatic carbocycles. The first kappa shape index (κ1) is 29.1. The summed E-state index contributed by atoms with van der Waals surface area (Å²) in [7, 11) is 0. The van der Waals surface area contributed by atoms with Crippen molar-refractivity contribution in [2.24, 2.45) is 5.16 Å². The topological polar surface area (TPSA) is 181 Å². The molecule has 1 saturated heterocycles. The van der Waals surface area contributed by atoms with Crippen LogP contribution in [-0.2, 0) is 30.6 Å². The number of rotatable bonds is 10. The molecule has 2 atom stereocenters. The summed E-state index contributed by atoms with van der Waals surface area (Å²) in [5.74, 6) is -2.36. The highest BCUT2D eigenvalue weighted by Crippen LogP contribution is 2.40. The highest BCUT2D eigenvalue weighted by Gasteiger charge is 2.54. The molecule has 0 saturated carbocycles. The number of pyridine rings is 1. The van der Waals surface area contributed by atoms with E-state index in [1.807, 2.05) is 35.2 Å². The average Bonchev–Trinajstić information content (AvgIpc) is 3.42. The summed E-state index contributed by atoms with van der Waals surface area (Å²) in [5.41, 5.74) is 3.40. The molecule has 0 bridgehead atoms. The van der Waals surface area contributed by atoms with Gasteiger partial charge >= 0.3 is 5.97 Å². The Balaban J connectivity index is 1.46. The molecule has 2 aromatic heterocycles. The third-order valence-corrected chi connectivity index (χ3v) is 7.74. The molecule has 2 unspecified atom stereocenters. The Bertz CT molecular complexity index is 1520. The van der Waals surface area contributed by atoms with Gasteiger partial charge in [0, 0.05) is 46.5 Å². The Hall–Kier alpha value is -4.90. The fourth-order valence-corrected chi connectivity index (χ4v) is 5.67. The molecule has 2 aliphatic heterocycles. The number of carbonyl (C=O) groups excluding carboxylic acids is 3. The zero-order valence-electron chi connectivity index (χ0n) is 22.5. The molecule has 14 heteroatoms. The number of carboxylic acid groups (broad SMARTS) is 1.